The second-order valence-corrected chi connectivity index (χ2v) is 17.2. The number of fused-ring (bicyclic) bond motifs is 1. The van der Waals surface area contributed by atoms with E-state index >= 15 is 0 Å². The van der Waals surface area contributed by atoms with Gasteiger partial charge in [0, 0.05) is 38.2 Å². The maximum absolute atomic E-state index is 14.3. The molecule has 2 amide bonds. The van der Waals surface area contributed by atoms with Crippen molar-refractivity contribution in [2.24, 2.45) is 17.8 Å². The Balaban J connectivity index is 1.79. The average molecular weight is 576 g/mol. The summed E-state index contributed by atoms with van der Waals surface area (Å²) in [6.45, 7) is 11.8. The number of hydrogen-bond donors (Lipinski definition) is 0. The highest BCUT2D eigenvalue weighted by atomic mass is 28.4. The summed E-state index contributed by atoms with van der Waals surface area (Å²) >= 11 is 0. The molecule has 2 aliphatic carbocycles. The standard InChI is InChI=1S/C30H45NO8Si/c1-30(2,3)40(6,7)39-25-10-8-9-20-11-12-24(27(26(20)25)28(32)31-13-14-36-29(31)33)21-15-22(37-18-34-4)17-23(16-21)38-19-35-5/h11-12,15-17,20,24-27H,8-10,13-14,18-19H2,1-7H3/t20-,24-,25+,26-,27+/m1/s1. The minimum Gasteiger partial charge on any atom is -0.467 e. The van der Waals surface area contributed by atoms with E-state index in [1.54, 1.807) is 20.3 Å². The predicted octanol–water partition coefficient (Wildman–Crippen LogP) is 5.71. The number of allylic oxidation sites excluding steroid dienone is 2. The number of nitrogens with zero attached hydrogens (tertiary/aromatic N) is 1. The van der Waals surface area contributed by atoms with E-state index in [0.717, 1.165) is 24.8 Å². The van der Waals surface area contributed by atoms with Crippen molar-refractivity contribution in [2.45, 2.75) is 70.2 Å². The summed E-state index contributed by atoms with van der Waals surface area (Å²) in [7, 11) is 0.987. The third-order valence-corrected chi connectivity index (χ3v) is 13.4. The Morgan fingerprint density at radius 2 is 1.68 bits per heavy atom. The molecule has 1 aromatic carbocycles. The van der Waals surface area contributed by atoms with Gasteiger partial charge in [0.15, 0.2) is 21.9 Å². The van der Waals surface area contributed by atoms with Gasteiger partial charge in [0.25, 0.3) is 0 Å². The molecule has 1 aliphatic heterocycles. The van der Waals surface area contributed by atoms with Gasteiger partial charge in [-0.2, -0.15) is 0 Å². The van der Waals surface area contributed by atoms with Gasteiger partial charge in [-0.25, -0.2) is 9.69 Å². The number of hydrogen-bond acceptors (Lipinski definition) is 8. The monoisotopic (exact) mass is 575 g/mol. The van der Waals surface area contributed by atoms with Crippen LogP contribution >= 0.6 is 0 Å². The van der Waals surface area contributed by atoms with Crippen molar-refractivity contribution in [3.8, 4) is 11.5 Å². The number of cyclic esters (lactones) is 1. The molecule has 10 heteroatoms. The van der Waals surface area contributed by atoms with E-state index in [2.05, 4.69) is 46.0 Å². The molecule has 0 bridgehead atoms. The maximum atomic E-state index is 14.3. The Bertz CT molecular complexity index is 1060. The average Bonchev–Trinajstić information content (AvgIpc) is 3.34. The molecule has 0 radical (unpaired) electrons. The SMILES string of the molecule is COCOc1cc(OCOC)cc([C@H]2C=C[C@H]3CCC[C@H](O[Si](C)(C)C(C)(C)C)[C@@H]3[C@H]2C(=O)N2CCOC2=O)c1. The summed E-state index contributed by atoms with van der Waals surface area (Å²) in [4.78, 5) is 28.2. The Morgan fingerprint density at radius 3 is 2.23 bits per heavy atom. The quantitative estimate of drug-likeness (QED) is 0.199. The topological polar surface area (TPSA) is 92.8 Å². The zero-order valence-corrected chi connectivity index (χ0v) is 25.9. The van der Waals surface area contributed by atoms with Crippen molar-refractivity contribution in [3.63, 3.8) is 0 Å². The van der Waals surface area contributed by atoms with Gasteiger partial charge in [-0.3, -0.25) is 4.79 Å². The van der Waals surface area contributed by atoms with Crippen LogP contribution in [0.3, 0.4) is 0 Å². The number of carbonyl (C=O) groups excluding carboxylic acids is 2. The second kappa shape index (κ2) is 12.6. The van der Waals surface area contributed by atoms with Gasteiger partial charge in [0.05, 0.1) is 12.5 Å². The Labute approximate surface area is 239 Å². The molecule has 1 heterocycles. The number of benzene rings is 1. The van der Waals surface area contributed by atoms with E-state index in [4.69, 9.17) is 28.1 Å². The lowest BCUT2D eigenvalue weighted by Crippen LogP contribution is -2.54. The molecule has 40 heavy (non-hydrogen) atoms. The number of ether oxygens (including phenoxy) is 5. The van der Waals surface area contributed by atoms with Gasteiger partial charge in [0.2, 0.25) is 5.91 Å². The number of rotatable bonds is 10. The van der Waals surface area contributed by atoms with Crippen LogP contribution in [0, 0.1) is 17.8 Å². The van der Waals surface area contributed by atoms with Crippen LogP contribution < -0.4 is 9.47 Å². The fraction of sp³-hybridized carbons (Fsp3) is 0.667. The molecule has 0 spiro atoms. The van der Waals surface area contributed by atoms with Crippen LogP contribution in [0.5, 0.6) is 11.5 Å². The fourth-order valence-electron chi connectivity index (χ4n) is 5.87. The van der Waals surface area contributed by atoms with Crippen molar-refractivity contribution in [2.75, 3.05) is 41.0 Å². The van der Waals surface area contributed by atoms with Gasteiger partial charge < -0.3 is 28.1 Å². The van der Waals surface area contributed by atoms with E-state index in [1.807, 2.05) is 12.1 Å². The molecule has 222 valence electrons. The number of amides is 2. The van der Waals surface area contributed by atoms with E-state index < -0.39 is 20.3 Å². The van der Waals surface area contributed by atoms with Crippen molar-refractivity contribution >= 4 is 20.3 Å². The summed E-state index contributed by atoms with van der Waals surface area (Å²) in [6, 6.07) is 5.61. The van der Waals surface area contributed by atoms with E-state index in [0.29, 0.717) is 11.5 Å². The molecule has 1 saturated carbocycles. The number of methoxy groups -OCH3 is 2. The molecule has 0 aromatic heterocycles. The van der Waals surface area contributed by atoms with Gasteiger partial charge in [-0.1, -0.05) is 39.3 Å². The summed E-state index contributed by atoms with van der Waals surface area (Å²) < 4.78 is 34.1. The molecule has 5 atom stereocenters. The van der Waals surface area contributed by atoms with Crippen LogP contribution in [-0.4, -0.2) is 72.3 Å². The first-order valence-electron chi connectivity index (χ1n) is 14.2. The highest BCUT2D eigenvalue weighted by Crippen LogP contribution is 2.51. The lowest BCUT2D eigenvalue weighted by Gasteiger charge is -2.50. The summed E-state index contributed by atoms with van der Waals surface area (Å²) in [5, 5.41) is 0.0305. The molecular weight excluding hydrogens is 530 g/mol. The van der Waals surface area contributed by atoms with Crippen LogP contribution in [0.2, 0.25) is 18.1 Å². The first-order valence-corrected chi connectivity index (χ1v) is 17.1. The minimum atomic E-state index is -2.14. The Kier molecular flexibility index (Phi) is 9.65. The summed E-state index contributed by atoms with van der Waals surface area (Å²) in [5.74, 6) is 0.191. The van der Waals surface area contributed by atoms with Crippen molar-refractivity contribution in [1.82, 2.24) is 4.90 Å². The smallest absolute Gasteiger partial charge is 0.416 e. The van der Waals surface area contributed by atoms with Crippen LogP contribution in [0.4, 0.5) is 4.79 Å². The zero-order valence-electron chi connectivity index (χ0n) is 24.9. The Morgan fingerprint density at radius 1 is 1.02 bits per heavy atom. The van der Waals surface area contributed by atoms with Crippen molar-refractivity contribution in [3.05, 3.63) is 35.9 Å². The van der Waals surface area contributed by atoms with Crippen LogP contribution in [-0.2, 0) is 23.4 Å². The van der Waals surface area contributed by atoms with Gasteiger partial charge in [-0.05, 0) is 54.6 Å². The second-order valence-electron chi connectivity index (χ2n) is 12.5. The highest BCUT2D eigenvalue weighted by Gasteiger charge is 2.52. The lowest BCUT2D eigenvalue weighted by atomic mass is 9.62. The van der Waals surface area contributed by atoms with Crippen LogP contribution in [0.15, 0.2) is 30.4 Å². The fourth-order valence-corrected chi connectivity index (χ4v) is 7.25. The molecule has 9 nitrogen and oxygen atoms in total. The van der Waals surface area contributed by atoms with E-state index in [9.17, 15) is 9.59 Å². The third kappa shape index (κ3) is 6.56. The van der Waals surface area contributed by atoms with Gasteiger partial charge in [-0.15, -0.1) is 0 Å². The molecule has 1 saturated heterocycles. The predicted molar refractivity (Wildman–Crippen MR) is 153 cm³/mol. The molecule has 0 unspecified atom stereocenters. The Hall–Kier alpha value is -2.40. The molecule has 2 fully saturated rings. The van der Waals surface area contributed by atoms with Gasteiger partial charge in [0.1, 0.15) is 18.1 Å². The van der Waals surface area contributed by atoms with E-state index in [1.165, 1.54) is 4.90 Å². The summed E-state index contributed by atoms with van der Waals surface area (Å²) in [6.07, 6.45) is 6.62. The van der Waals surface area contributed by atoms with Crippen molar-refractivity contribution in [1.29, 1.82) is 0 Å². The maximum Gasteiger partial charge on any atom is 0.416 e. The highest BCUT2D eigenvalue weighted by molar-refractivity contribution is 6.74. The first-order chi connectivity index (χ1) is 19.0. The molecule has 1 aromatic rings. The molecule has 4 rings (SSSR count). The first kappa shape index (κ1) is 30.6. The number of carbonyl (C=O) groups is 2. The lowest BCUT2D eigenvalue weighted by molar-refractivity contribution is -0.138. The normalized spacial score (nSPS) is 26.8. The number of imide groups is 1. The van der Waals surface area contributed by atoms with Crippen molar-refractivity contribution < 1.29 is 37.7 Å². The molecule has 0 N–H and O–H groups in total. The largest absolute Gasteiger partial charge is 0.467 e. The summed E-state index contributed by atoms with van der Waals surface area (Å²) in [5.41, 5.74) is 0.858. The van der Waals surface area contributed by atoms with Gasteiger partial charge >= 0.3 is 6.09 Å². The zero-order chi connectivity index (χ0) is 29.1. The van der Waals surface area contributed by atoms with E-state index in [-0.39, 0.29) is 61.5 Å². The molecular formula is C30H45NO8Si. The van der Waals surface area contributed by atoms with Crippen LogP contribution in [0.25, 0.3) is 0 Å². The minimum absolute atomic E-state index is 0.0305. The van der Waals surface area contributed by atoms with Crippen LogP contribution in [0.1, 0.15) is 51.5 Å². The third-order valence-electron chi connectivity index (χ3n) is 8.86. The molecule has 3 aliphatic rings.